The van der Waals surface area contributed by atoms with Crippen LogP contribution in [0.15, 0.2) is 259 Å². The van der Waals surface area contributed by atoms with Crippen LogP contribution < -0.4 is 0 Å². The van der Waals surface area contributed by atoms with Gasteiger partial charge in [0.15, 0.2) is 0 Å². The van der Waals surface area contributed by atoms with E-state index in [-0.39, 0.29) is 0 Å². The van der Waals surface area contributed by atoms with Crippen LogP contribution in [-0.2, 0) is 0 Å². The Morgan fingerprint density at radius 3 is 1.24 bits per heavy atom. The van der Waals surface area contributed by atoms with Crippen molar-refractivity contribution < 1.29 is 4.42 Å². The second-order valence-corrected chi connectivity index (χ2v) is 20.8. The summed E-state index contributed by atoms with van der Waals surface area (Å²) < 4.78 is 9.44. The molecule has 2 heteroatoms. The van der Waals surface area contributed by atoms with Crippen LogP contribution in [0.2, 0.25) is 0 Å². The summed E-state index contributed by atoms with van der Waals surface area (Å²) in [5.74, 6) is 0. The highest BCUT2D eigenvalue weighted by Gasteiger charge is 2.24. The van der Waals surface area contributed by atoms with Gasteiger partial charge >= 0.3 is 0 Å². The van der Waals surface area contributed by atoms with Gasteiger partial charge < -0.3 is 4.42 Å². The van der Waals surface area contributed by atoms with E-state index in [9.17, 15) is 0 Å². The van der Waals surface area contributed by atoms with E-state index in [2.05, 4.69) is 255 Å². The average Bonchev–Trinajstić information content (AvgIpc) is 4.06. The van der Waals surface area contributed by atoms with Gasteiger partial charge in [0, 0.05) is 42.1 Å². The van der Waals surface area contributed by atoms with E-state index in [4.69, 9.17) is 4.42 Å². The summed E-state index contributed by atoms with van der Waals surface area (Å²) in [5, 5.41) is 19.6. The molecular formula is C72H42OS. The Labute approximate surface area is 430 Å². The normalized spacial score (nSPS) is 12.1. The van der Waals surface area contributed by atoms with Crippen molar-refractivity contribution in [3.63, 3.8) is 0 Å². The summed E-state index contributed by atoms with van der Waals surface area (Å²) in [6.45, 7) is 0. The highest BCUT2D eigenvalue weighted by Crippen LogP contribution is 2.52. The predicted molar refractivity (Wildman–Crippen MR) is 319 cm³/mol. The molecule has 0 radical (unpaired) electrons. The monoisotopic (exact) mass is 954 g/mol. The highest BCUT2D eigenvalue weighted by molar-refractivity contribution is 7.26. The molecule has 0 fully saturated rings. The Balaban J connectivity index is 1.03. The maximum Gasteiger partial charge on any atom is 0.143 e. The van der Waals surface area contributed by atoms with Gasteiger partial charge in [-0.1, -0.05) is 224 Å². The van der Waals surface area contributed by atoms with Crippen molar-refractivity contribution in [2.24, 2.45) is 0 Å². The first-order valence-corrected chi connectivity index (χ1v) is 26.3. The first-order chi connectivity index (χ1) is 36.7. The molecule has 0 aliphatic carbocycles. The van der Waals surface area contributed by atoms with Gasteiger partial charge in [-0.25, -0.2) is 0 Å². The minimum absolute atomic E-state index is 0.897. The summed E-state index contributed by atoms with van der Waals surface area (Å²) in [4.78, 5) is 0. The number of rotatable bonds is 5. The molecule has 2 heterocycles. The van der Waals surface area contributed by atoms with Crippen LogP contribution in [0, 0.1) is 0 Å². The first kappa shape index (κ1) is 41.3. The van der Waals surface area contributed by atoms with Crippen LogP contribution in [0.3, 0.4) is 0 Å². The van der Waals surface area contributed by atoms with Gasteiger partial charge in [-0.15, -0.1) is 11.3 Å². The Hall–Kier alpha value is -9.34. The first-order valence-electron chi connectivity index (χ1n) is 25.5. The summed E-state index contributed by atoms with van der Waals surface area (Å²) >= 11 is 1.88. The van der Waals surface area contributed by atoms with Gasteiger partial charge in [0.1, 0.15) is 11.2 Å². The van der Waals surface area contributed by atoms with Crippen molar-refractivity contribution in [2.45, 2.75) is 0 Å². The summed E-state index contributed by atoms with van der Waals surface area (Å²) in [6.07, 6.45) is 0. The number of furan rings is 1. The molecule has 1 nitrogen and oxygen atoms in total. The molecule has 74 heavy (non-hydrogen) atoms. The minimum atomic E-state index is 0.897. The molecule has 0 aliphatic rings. The van der Waals surface area contributed by atoms with Gasteiger partial charge in [0.05, 0.1) is 0 Å². The lowest BCUT2D eigenvalue weighted by molar-refractivity contribution is 0.670. The molecule has 0 N–H and O–H groups in total. The van der Waals surface area contributed by atoms with E-state index < -0.39 is 0 Å². The molecule has 0 saturated carbocycles. The van der Waals surface area contributed by atoms with E-state index in [1.54, 1.807) is 0 Å². The molecule has 16 rings (SSSR count). The van der Waals surface area contributed by atoms with Gasteiger partial charge in [-0.2, -0.15) is 0 Å². The molecule has 0 unspecified atom stereocenters. The van der Waals surface area contributed by atoms with Crippen molar-refractivity contribution in [2.75, 3.05) is 0 Å². The zero-order valence-electron chi connectivity index (χ0n) is 40.1. The standard InChI is InChI=1S/C72H42OS/c1-3-21-47-43(17-1)19-13-29-50(47)69-54-26-7-5-24-52(54)67(60-32-16-36-66-71(60)59-28-10-12-35-65(59)74-66)56-39-37-45(41-62(56)69)46-38-40-57-63(42-46)70(51-30-14-20-44-18-2-4-22-48(44)51)55-27-8-6-25-53(55)68(57)61-33-15-31-58-49-23-9-11-34-64(49)73-72(58)61/h1-42H. The van der Waals surface area contributed by atoms with Crippen LogP contribution in [0.4, 0.5) is 0 Å². The van der Waals surface area contributed by atoms with Gasteiger partial charge in [-0.3, -0.25) is 0 Å². The van der Waals surface area contributed by atoms with Crippen LogP contribution in [0.1, 0.15) is 0 Å². The molecule has 0 spiro atoms. The lowest BCUT2D eigenvalue weighted by Crippen LogP contribution is -1.94. The van der Waals surface area contributed by atoms with Crippen molar-refractivity contribution in [1.82, 2.24) is 0 Å². The molecule has 0 amide bonds. The van der Waals surface area contributed by atoms with Crippen LogP contribution in [-0.4, -0.2) is 0 Å². The van der Waals surface area contributed by atoms with Crippen molar-refractivity contribution >= 4 is 118 Å². The zero-order valence-corrected chi connectivity index (χ0v) is 40.9. The number of hydrogen-bond acceptors (Lipinski definition) is 2. The number of benzene rings is 14. The molecule has 0 atom stereocenters. The average molecular weight is 955 g/mol. The quantitative estimate of drug-likeness (QED) is 0.157. The molecule has 0 saturated heterocycles. The molecule has 2 aromatic heterocycles. The maximum atomic E-state index is 6.83. The molecule has 0 aliphatic heterocycles. The topological polar surface area (TPSA) is 13.1 Å². The number of para-hydroxylation sites is 2. The fourth-order valence-electron chi connectivity index (χ4n) is 12.7. The second-order valence-electron chi connectivity index (χ2n) is 19.7. The second kappa shape index (κ2) is 16.1. The van der Waals surface area contributed by atoms with E-state index in [0.29, 0.717) is 0 Å². The largest absolute Gasteiger partial charge is 0.455 e. The fourth-order valence-corrected chi connectivity index (χ4v) is 13.8. The van der Waals surface area contributed by atoms with Gasteiger partial charge in [-0.05, 0) is 139 Å². The van der Waals surface area contributed by atoms with Crippen molar-refractivity contribution in [1.29, 1.82) is 0 Å². The molecule has 342 valence electrons. The van der Waals surface area contributed by atoms with E-state index >= 15 is 0 Å². The molecular weight excluding hydrogens is 913 g/mol. The lowest BCUT2D eigenvalue weighted by Gasteiger charge is -2.21. The summed E-state index contributed by atoms with van der Waals surface area (Å²) in [7, 11) is 0. The number of thiophene rings is 1. The minimum Gasteiger partial charge on any atom is -0.455 e. The van der Waals surface area contributed by atoms with Crippen LogP contribution >= 0.6 is 11.3 Å². The predicted octanol–water partition coefficient (Wildman–Crippen LogP) is 21.2. The Kier molecular flexibility index (Phi) is 8.98. The third kappa shape index (κ3) is 6.04. The maximum absolute atomic E-state index is 6.83. The molecule has 0 bridgehead atoms. The third-order valence-corrected chi connectivity index (χ3v) is 17.0. The Morgan fingerprint density at radius 1 is 0.243 bits per heavy atom. The smallest absolute Gasteiger partial charge is 0.143 e. The Bertz CT molecular complexity index is 5020. The number of fused-ring (bicyclic) bond motifs is 12. The summed E-state index contributed by atoms with van der Waals surface area (Å²) in [5.41, 5.74) is 13.9. The van der Waals surface area contributed by atoms with E-state index in [1.807, 2.05) is 11.3 Å². The van der Waals surface area contributed by atoms with Crippen LogP contribution in [0.25, 0.3) is 162 Å². The number of hydrogen-bond donors (Lipinski definition) is 0. The molecule has 16 aromatic rings. The highest BCUT2D eigenvalue weighted by atomic mass is 32.1. The summed E-state index contributed by atoms with van der Waals surface area (Å²) in [6, 6.07) is 94.6. The van der Waals surface area contributed by atoms with Gasteiger partial charge in [0.2, 0.25) is 0 Å². The Morgan fingerprint density at radius 2 is 0.635 bits per heavy atom. The molecule has 14 aromatic carbocycles. The van der Waals surface area contributed by atoms with Gasteiger partial charge in [0.25, 0.3) is 0 Å². The van der Waals surface area contributed by atoms with Crippen molar-refractivity contribution in [3.05, 3.63) is 255 Å². The SMILES string of the molecule is c1ccc2c(-c3c4ccccc4c(-c4cccc5c4oc4ccccc45)c4ccc(-c5ccc6c(-c7cccc8sc9ccccc9c78)c7ccccc7c(-c7cccc8ccccc78)c6c5)cc34)cccc2c1. The zero-order chi connectivity index (χ0) is 48.4. The van der Waals surface area contributed by atoms with E-state index in [0.717, 1.165) is 33.1 Å². The lowest BCUT2D eigenvalue weighted by atomic mass is 9.82. The van der Waals surface area contributed by atoms with Crippen LogP contribution in [0.5, 0.6) is 0 Å². The van der Waals surface area contributed by atoms with Crippen molar-refractivity contribution in [3.8, 4) is 55.6 Å². The third-order valence-electron chi connectivity index (χ3n) is 15.8. The van der Waals surface area contributed by atoms with E-state index in [1.165, 1.54) is 129 Å². The fraction of sp³-hybridized carbons (Fsp3) is 0.